The van der Waals surface area contributed by atoms with Crippen LogP contribution in [-0.4, -0.2) is 21.1 Å². The quantitative estimate of drug-likeness (QED) is 0.136. The molecular weight excluding hydrogens is 484 g/mol. The van der Waals surface area contributed by atoms with E-state index in [0.717, 1.165) is 27.6 Å². The van der Waals surface area contributed by atoms with Gasteiger partial charge < -0.3 is 0 Å². The number of hydrogen-bond donors (Lipinski definition) is 0. The van der Waals surface area contributed by atoms with E-state index in [-0.39, 0.29) is 17.1 Å². The minimum Gasteiger partial charge on any atom is -0.293 e. The maximum Gasteiger partial charge on any atom is 0.268 e. The number of fused-ring (bicyclic) bond motifs is 2. The molecule has 0 N–H and O–H groups in total. The average molecular weight is 505 g/mol. The minimum atomic E-state index is -0.132. The lowest BCUT2D eigenvalue weighted by Gasteiger charge is -2.12. The molecule has 0 saturated heterocycles. The number of nitrogens with zero attached hydrogens (tertiary/aromatic N) is 2. The molecule has 6 rings (SSSR count). The largest absolute Gasteiger partial charge is 0.293 e. The number of ketones is 1. The summed E-state index contributed by atoms with van der Waals surface area (Å²) < 4.78 is 1.62. The highest BCUT2D eigenvalue weighted by Crippen LogP contribution is 2.33. The van der Waals surface area contributed by atoms with Gasteiger partial charge in [-0.25, -0.2) is 4.98 Å². The van der Waals surface area contributed by atoms with Crippen molar-refractivity contribution in [2.75, 3.05) is 5.75 Å². The third-order valence-corrected chi connectivity index (χ3v) is 7.89. The maximum absolute atomic E-state index is 13.9. The summed E-state index contributed by atoms with van der Waals surface area (Å²) in [6.07, 6.45) is 0. The number of benzene rings is 4. The van der Waals surface area contributed by atoms with Crippen molar-refractivity contribution >= 4 is 49.9 Å². The predicted octanol–water partition coefficient (Wildman–Crippen LogP) is 7.24. The second kappa shape index (κ2) is 9.57. The number of thioether (sulfide) groups is 1. The van der Waals surface area contributed by atoms with Gasteiger partial charge in [-0.05, 0) is 34.5 Å². The van der Waals surface area contributed by atoms with Gasteiger partial charge >= 0.3 is 0 Å². The highest BCUT2D eigenvalue weighted by atomic mass is 32.2. The minimum absolute atomic E-state index is 0.00383. The zero-order chi connectivity index (χ0) is 24.5. The molecule has 6 aromatic rings. The fourth-order valence-electron chi connectivity index (χ4n) is 4.28. The molecule has 174 valence electrons. The van der Waals surface area contributed by atoms with Crippen molar-refractivity contribution in [1.82, 2.24) is 9.55 Å². The normalized spacial score (nSPS) is 11.2. The summed E-state index contributed by atoms with van der Waals surface area (Å²) in [7, 11) is 0. The van der Waals surface area contributed by atoms with Gasteiger partial charge in [0.1, 0.15) is 4.83 Å². The van der Waals surface area contributed by atoms with Gasteiger partial charge in [-0.2, -0.15) is 0 Å². The summed E-state index contributed by atoms with van der Waals surface area (Å²) in [5.74, 6) is 0.177. The standard InChI is InChI=1S/C30H20N2O2S2/c33-26(23-16-15-20-9-7-8-12-22(20)17-23)19-36-30-31-28-27(25(18-35-28)21-10-3-1-4-11-21)29(34)32(30)24-13-5-2-6-14-24/h1-18H,19H2. The van der Waals surface area contributed by atoms with Crippen LogP contribution < -0.4 is 5.56 Å². The third kappa shape index (κ3) is 4.15. The summed E-state index contributed by atoms with van der Waals surface area (Å²) in [5, 5.41) is 5.22. The van der Waals surface area contributed by atoms with E-state index in [4.69, 9.17) is 4.98 Å². The average Bonchev–Trinajstić information content (AvgIpc) is 3.37. The number of carbonyl (C=O) groups is 1. The first-order valence-corrected chi connectivity index (χ1v) is 13.4. The molecule has 0 saturated carbocycles. The van der Waals surface area contributed by atoms with E-state index in [1.807, 2.05) is 109 Å². The number of Topliss-reactive ketones (excluding diaryl/α,β-unsaturated/α-hetero) is 1. The molecule has 0 aliphatic carbocycles. The second-order valence-corrected chi connectivity index (χ2v) is 10.1. The van der Waals surface area contributed by atoms with E-state index in [2.05, 4.69) is 0 Å². The summed E-state index contributed by atoms with van der Waals surface area (Å²) in [4.78, 5) is 32.6. The van der Waals surface area contributed by atoms with Gasteiger partial charge in [0, 0.05) is 16.5 Å². The van der Waals surface area contributed by atoms with Gasteiger partial charge in [0.2, 0.25) is 0 Å². The van der Waals surface area contributed by atoms with Crippen LogP contribution in [0.5, 0.6) is 0 Å². The van der Waals surface area contributed by atoms with Crippen molar-refractivity contribution in [3.63, 3.8) is 0 Å². The molecule has 0 bridgehead atoms. The second-order valence-electron chi connectivity index (χ2n) is 8.34. The molecular formula is C30H20N2O2S2. The zero-order valence-electron chi connectivity index (χ0n) is 19.1. The van der Waals surface area contributed by atoms with Crippen molar-refractivity contribution in [3.05, 3.63) is 124 Å². The van der Waals surface area contributed by atoms with Crippen LogP contribution in [0.3, 0.4) is 0 Å². The van der Waals surface area contributed by atoms with E-state index < -0.39 is 0 Å². The van der Waals surface area contributed by atoms with E-state index in [0.29, 0.717) is 20.9 Å². The summed E-state index contributed by atoms with van der Waals surface area (Å²) >= 11 is 2.74. The highest BCUT2D eigenvalue weighted by molar-refractivity contribution is 7.99. The number of carbonyl (C=O) groups excluding carboxylic acids is 1. The first-order chi connectivity index (χ1) is 17.7. The maximum atomic E-state index is 13.9. The summed E-state index contributed by atoms with van der Waals surface area (Å²) in [6, 6.07) is 33.1. The van der Waals surface area contributed by atoms with Crippen molar-refractivity contribution in [2.24, 2.45) is 0 Å². The topological polar surface area (TPSA) is 52.0 Å². The van der Waals surface area contributed by atoms with Crippen molar-refractivity contribution in [1.29, 1.82) is 0 Å². The Bertz CT molecular complexity index is 1770. The smallest absolute Gasteiger partial charge is 0.268 e. The molecule has 0 spiro atoms. The van der Waals surface area contributed by atoms with Crippen molar-refractivity contribution in [2.45, 2.75) is 5.16 Å². The Morgan fingerprint density at radius 2 is 1.53 bits per heavy atom. The number of para-hydroxylation sites is 1. The Labute approximate surface area is 215 Å². The molecule has 2 aromatic heterocycles. The predicted molar refractivity (Wildman–Crippen MR) is 150 cm³/mol. The third-order valence-electron chi connectivity index (χ3n) is 6.08. The zero-order valence-corrected chi connectivity index (χ0v) is 20.8. The molecule has 0 unspecified atom stereocenters. The Hall–Kier alpha value is -4.00. The lowest BCUT2D eigenvalue weighted by atomic mass is 10.1. The van der Waals surface area contributed by atoms with E-state index in [1.54, 1.807) is 4.57 Å². The first kappa shape index (κ1) is 22.5. The monoisotopic (exact) mass is 504 g/mol. The first-order valence-electron chi connectivity index (χ1n) is 11.5. The molecule has 0 amide bonds. The van der Waals surface area contributed by atoms with E-state index in [1.165, 1.54) is 23.1 Å². The van der Waals surface area contributed by atoms with Crippen LogP contribution in [0.25, 0.3) is 37.8 Å². The van der Waals surface area contributed by atoms with E-state index >= 15 is 0 Å². The molecule has 0 radical (unpaired) electrons. The van der Waals surface area contributed by atoms with Crippen molar-refractivity contribution < 1.29 is 4.79 Å². The van der Waals surface area contributed by atoms with E-state index in [9.17, 15) is 9.59 Å². The highest BCUT2D eigenvalue weighted by Gasteiger charge is 2.19. The van der Waals surface area contributed by atoms with Gasteiger partial charge in [-0.15, -0.1) is 11.3 Å². The SMILES string of the molecule is O=C(CSc1nc2scc(-c3ccccc3)c2c(=O)n1-c1ccccc1)c1ccc2ccccc2c1. The molecule has 2 heterocycles. The number of aromatic nitrogens is 2. The summed E-state index contributed by atoms with van der Waals surface area (Å²) in [5.41, 5.74) is 3.10. The van der Waals surface area contributed by atoms with Crippen LogP contribution in [0.15, 0.2) is 118 Å². The molecule has 4 aromatic carbocycles. The molecule has 0 aliphatic heterocycles. The van der Waals surface area contributed by atoms with Crippen LogP contribution in [-0.2, 0) is 0 Å². The fourth-order valence-corrected chi connectivity index (χ4v) is 6.18. The number of hydrogen-bond acceptors (Lipinski definition) is 5. The lowest BCUT2D eigenvalue weighted by molar-refractivity contribution is 0.102. The molecule has 0 fully saturated rings. The fraction of sp³-hybridized carbons (Fsp3) is 0.0333. The van der Waals surface area contributed by atoms with Crippen molar-refractivity contribution in [3.8, 4) is 16.8 Å². The molecule has 4 nitrogen and oxygen atoms in total. The van der Waals surface area contributed by atoms with Crippen LogP contribution in [0.4, 0.5) is 0 Å². The number of rotatable bonds is 6. The summed E-state index contributed by atoms with van der Waals surface area (Å²) in [6.45, 7) is 0. The number of thiophene rings is 1. The molecule has 36 heavy (non-hydrogen) atoms. The molecule has 6 heteroatoms. The van der Waals surface area contributed by atoms with Crippen LogP contribution >= 0.6 is 23.1 Å². The Kier molecular flexibility index (Phi) is 5.97. The molecule has 0 atom stereocenters. The Balaban J connectivity index is 1.41. The lowest BCUT2D eigenvalue weighted by Crippen LogP contribution is -2.22. The van der Waals surface area contributed by atoms with Gasteiger partial charge in [0.05, 0.1) is 16.8 Å². The van der Waals surface area contributed by atoms with Crippen LogP contribution in [0, 0.1) is 0 Å². The Morgan fingerprint density at radius 3 is 2.31 bits per heavy atom. The van der Waals surface area contributed by atoms with Gasteiger partial charge in [0.25, 0.3) is 5.56 Å². The van der Waals surface area contributed by atoms with Gasteiger partial charge in [0.15, 0.2) is 10.9 Å². The van der Waals surface area contributed by atoms with Crippen LogP contribution in [0.1, 0.15) is 10.4 Å². The van der Waals surface area contributed by atoms with Gasteiger partial charge in [-0.3, -0.25) is 14.2 Å². The molecule has 0 aliphatic rings. The van der Waals surface area contributed by atoms with Gasteiger partial charge in [-0.1, -0.05) is 96.7 Å². The Morgan fingerprint density at radius 1 is 0.833 bits per heavy atom. The van der Waals surface area contributed by atoms with Crippen LogP contribution in [0.2, 0.25) is 0 Å².